The molecule has 3 aromatic rings. The standard InChI is InChI=1S/C25H29N3O6S/c1-5-32-22-12-10-20(15-24(22)35(30,31)28(3)4)27-25(29)19-9-11-21(23(14-19)33-6-2)34-17-18-8-7-13-26-16-18/h7-16H,5-6,17H2,1-4H3,(H,27,29). The summed E-state index contributed by atoms with van der Waals surface area (Å²) in [6, 6.07) is 13.1. The van der Waals surface area contributed by atoms with Crippen molar-refractivity contribution in [3.05, 3.63) is 72.1 Å². The third-order valence-corrected chi connectivity index (χ3v) is 6.72. The van der Waals surface area contributed by atoms with Gasteiger partial charge in [0.15, 0.2) is 11.5 Å². The number of hydrogen-bond acceptors (Lipinski definition) is 7. The monoisotopic (exact) mass is 499 g/mol. The average Bonchev–Trinajstić information content (AvgIpc) is 2.85. The summed E-state index contributed by atoms with van der Waals surface area (Å²) in [6.07, 6.45) is 3.40. The fourth-order valence-electron chi connectivity index (χ4n) is 3.14. The van der Waals surface area contributed by atoms with Gasteiger partial charge in [0.2, 0.25) is 10.0 Å². The van der Waals surface area contributed by atoms with Crippen molar-refractivity contribution < 1.29 is 27.4 Å². The largest absolute Gasteiger partial charge is 0.492 e. The Labute approximate surface area is 205 Å². The summed E-state index contributed by atoms with van der Waals surface area (Å²) < 4.78 is 43.6. The number of benzene rings is 2. The number of ether oxygens (including phenoxy) is 3. The smallest absolute Gasteiger partial charge is 0.255 e. The summed E-state index contributed by atoms with van der Waals surface area (Å²) in [4.78, 5) is 17.0. The van der Waals surface area contributed by atoms with Crippen LogP contribution in [0.5, 0.6) is 17.2 Å². The lowest BCUT2D eigenvalue weighted by Gasteiger charge is -2.17. The van der Waals surface area contributed by atoms with Gasteiger partial charge in [-0.1, -0.05) is 6.07 Å². The SMILES string of the molecule is CCOc1cc(C(=O)Nc2ccc(OCC)c(S(=O)(=O)N(C)C)c2)ccc1OCc1cccnc1. The van der Waals surface area contributed by atoms with E-state index in [4.69, 9.17) is 14.2 Å². The minimum Gasteiger partial charge on any atom is -0.492 e. The molecule has 35 heavy (non-hydrogen) atoms. The molecule has 9 nitrogen and oxygen atoms in total. The molecule has 1 N–H and O–H groups in total. The number of rotatable bonds is 11. The van der Waals surface area contributed by atoms with E-state index in [0.717, 1.165) is 9.87 Å². The van der Waals surface area contributed by atoms with Gasteiger partial charge in [0.1, 0.15) is 17.3 Å². The molecule has 0 atom stereocenters. The van der Waals surface area contributed by atoms with E-state index in [2.05, 4.69) is 10.3 Å². The molecular formula is C25H29N3O6S. The highest BCUT2D eigenvalue weighted by atomic mass is 32.2. The summed E-state index contributed by atoms with van der Waals surface area (Å²) in [5.41, 5.74) is 1.54. The number of pyridine rings is 1. The number of nitrogens with zero attached hydrogens (tertiary/aromatic N) is 2. The third-order valence-electron chi connectivity index (χ3n) is 4.88. The van der Waals surface area contributed by atoms with Crippen LogP contribution >= 0.6 is 0 Å². The molecule has 1 amide bonds. The number of nitrogens with one attached hydrogen (secondary N) is 1. The van der Waals surface area contributed by atoms with Crippen LogP contribution in [0.25, 0.3) is 0 Å². The molecule has 1 heterocycles. The Kier molecular flexibility index (Phi) is 8.67. The van der Waals surface area contributed by atoms with E-state index in [1.165, 1.54) is 26.2 Å². The van der Waals surface area contributed by atoms with Crippen LogP contribution in [0.4, 0.5) is 5.69 Å². The summed E-state index contributed by atoms with van der Waals surface area (Å²) in [6.45, 7) is 4.59. The van der Waals surface area contributed by atoms with E-state index >= 15 is 0 Å². The topological polar surface area (TPSA) is 107 Å². The molecular weight excluding hydrogens is 470 g/mol. The predicted octanol–water partition coefficient (Wildman–Crippen LogP) is 3.96. The van der Waals surface area contributed by atoms with Crippen molar-refractivity contribution in [2.45, 2.75) is 25.3 Å². The van der Waals surface area contributed by atoms with Crippen LogP contribution in [0.1, 0.15) is 29.8 Å². The number of carbonyl (C=O) groups excluding carboxylic acids is 1. The molecule has 10 heteroatoms. The Bertz CT molecular complexity index is 1260. The molecule has 0 aliphatic rings. The van der Waals surface area contributed by atoms with E-state index in [-0.39, 0.29) is 10.6 Å². The molecule has 3 rings (SSSR count). The highest BCUT2D eigenvalue weighted by molar-refractivity contribution is 7.89. The van der Waals surface area contributed by atoms with Crippen LogP contribution in [-0.4, -0.2) is 50.9 Å². The van der Waals surface area contributed by atoms with E-state index in [9.17, 15) is 13.2 Å². The molecule has 186 valence electrons. The fourth-order valence-corrected chi connectivity index (χ4v) is 4.19. The van der Waals surface area contributed by atoms with Gasteiger partial charge in [0.05, 0.1) is 13.2 Å². The molecule has 0 bridgehead atoms. The maximum atomic E-state index is 13.0. The number of aromatic nitrogens is 1. The van der Waals surface area contributed by atoms with Crippen molar-refractivity contribution in [3.8, 4) is 17.2 Å². The van der Waals surface area contributed by atoms with Crippen LogP contribution < -0.4 is 19.5 Å². The Morgan fingerprint density at radius 3 is 2.31 bits per heavy atom. The number of hydrogen-bond donors (Lipinski definition) is 1. The zero-order valence-corrected chi connectivity index (χ0v) is 21.0. The van der Waals surface area contributed by atoms with Gasteiger partial charge in [-0.2, -0.15) is 0 Å². The molecule has 0 aliphatic heterocycles. The van der Waals surface area contributed by atoms with Gasteiger partial charge in [0.25, 0.3) is 5.91 Å². The van der Waals surface area contributed by atoms with Crippen molar-refractivity contribution in [1.29, 1.82) is 0 Å². The van der Waals surface area contributed by atoms with E-state index in [1.54, 1.807) is 43.6 Å². The second-order valence-electron chi connectivity index (χ2n) is 7.58. The van der Waals surface area contributed by atoms with Gasteiger partial charge in [-0.3, -0.25) is 9.78 Å². The summed E-state index contributed by atoms with van der Waals surface area (Å²) in [7, 11) is -0.917. The third kappa shape index (κ3) is 6.49. The van der Waals surface area contributed by atoms with Gasteiger partial charge >= 0.3 is 0 Å². The Hall–Kier alpha value is -3.63. The maximum Gasteiger partial charge on any atom is 0.255 e. The van der Waals surface area contributed by atoms with Gasteiger partial charge in [-0.25, -0.2) is 12.7 Å². The van der Waals surface area contributed by atoms with Crippen LogP contribution in [0, 0.1) is 0 Å². The molecule has 2 aromatic carbocycles. The molecule has 1 aromatic heterocycles. The first kappa shape index (κ1) is 26.0. The van der Waals surface area contributed by atoms with Crippen molar-refractivity contribution in [2.75, 3.05) is 32.6 Å². The molecule has 0 radical (unpaired) electrons. The van der Waals surface area contributed by atoms with Gasteiger partial charge in [-0.05, 0) is 56.3 Å². The average molecular weight is 500 g/mol. The summed E-state index contributed by atoms with van der Waals surface area (Å²) in [5.74, 6) is 0.703. The quantitative estimate of drug-likeness (QED) is 0.426. The lowest BCUT2D eigenvalue weighted by molar-refractivity contribution is 0.102. The predicted molar refractivity (Wildman–Crippen MR) is 133 cm³/mol. The molecule has 0 saturated heterocycles. The molecule has 0 unspecified atom stereocenters. The van der Waals surface area contributed by atoms with Crippen molar-refractivity contribution in [3.63, 3.8) is 0 Å². The maximum absolute atomic E-state index is 13.0. The number of anilines is 1. The summed E-state index contributed by atoms with van der Waals surface area (Å²) >= 11 is 0. The van der Waals surface area contributed by atoms with Crippen LogP contribution in [-0.2, 0) is 16.6 Å². The minimum atomic E-state index is -3.79. The Balaban J connectivity index is 1.83. The highest BCUT2D eigenvalue weighted by Crippen LogP contribution is 2.31. The lowest BCUT2D eigenvalue weighted by atomic mass is 10.1. The number of amides is 1. The minimum absolute atomic E-state index is 0.0312. The highest BCUT2D eigenvalue weighted by Gasteiger charge is 2.23. The molecule has 0 spiro atoms. The first-order chi connectivity index (χ1) is 16.8. The van der Waals surface area contributed by atoms with Crippen molar-refractivity contribution >= 4 is 21.6 Å². The van der Waals surface area contributed by atoms with Gasteiger partial charge < -0.3 is 19.5 Å². The normalized spacial score (nSPS) is 11.2. The summed E-state index contributed by atoms with van der Waals surface area (Å²) in [5, 5.41) is 2.74. The van der Waals surface area contributed by atoms with Crippen LogP contribution in [0.3, 0.4) is 0 Å². The second-order valence-corrected chi connectivity index (χ2v) is 9.70. The molecule has 0 saturated carbocycles. The van der Waals surface area contributed by atoms with Crippen molar-refractivity contribution in [1.82, 2.24) is 9.29 Å². The van der Waals surface area contributed by atoms with Crippen molar-refractivity contribution in [2.24, 2.45) is 0 Å². The number of sulfonamides is 1. The van der Waals surface area contributed by atoms with E-state index < -0.39 is 15.9 Å². The molecule has 0 fully saturated rings. The van der Waals surface area contributed by atoms with E-state index in [0.29, 0.717) is 42.6 Å². The first-order valence-electron chi connectivity index (χ1n) is 11.1. The second kappa shape index (κ2) is 11.7. The molecule has 0 aliphatic carbocycles. The number of carbonyl (C=O) groups is 1. The van der Waals surface area contributed by atoms with Gasteiger partial charge in [0, 0.05) is 43.3 Å². The Morgan fingerprint density at radius 2 is 1.66 bits per heavy atom. The van der Waals surface area contributed by atoms with Crippen LogP contribution in [0.15, 0.2) is 65.8 Å². The van der Waals surface area contributed by atoms with E-state index in [1.807, 2.05) is 19.1 Å². The first-order valence-corrected chi connectivity index (χ1v) is 12.5. The van der Waals surface area contributed by atoms with Gasteiger partial charge in [-0.15, -0.1) is 0 Å². The van der Waals surface area contributed by atoms with Crippen LogP contribution in [0.2, 0.25) is 0 Å². The zero-order chi connectivity index (χ0) is 25.4. The fraction of sp³-hybridized carbons (Fsp3) is 0.280. The lowest BCUT2D eigenvalue weighted by Crippen LogP contribution is -2.23. The Morgan fingerprint density at radius 1 is 0.943 bits per heavy atom. The zero-order valence-electron chi connectivity index (χ0n) is 20.1.